The van der Waals surface area contributed by atoms with Crippen molar-refractivity contribution in [2.75, 3.05) is 20.2 Å². The van der Waals surface area contributed by atoms with Crippen molar-refractivity contribution in [3.05, 3.63) is 18.5 Å². The van der Waals surface area contributed by atoms with E-state index in [0.29, 0.717) is 6.54 Å². The Morgan fingerprint density at radius 2 is 2.24 bits per heavy atom. The van der Waals surface area contributed by atoms with E-state index in [1.807, 2.05) is 0 Å². The first-order valence-corrected chi connectivity index (χ1v) is 6.66. The molecule has 0 bridgehead atoms. The molecule has 1 N–H and O–H groups in total. The lowest BCUT2D eigenvalue weighted by atomic mass is 10.4. The second kappa shape index (κ2) is 5.83. The number of nitrogens with one attached hydrogen (secondary N) is 1. The number of aromatic nitrogens is 1. The second-order valence-electron chi connectivity index (χ2n) is 3.37. The molecule has 6 nitrogen and oxygen atoms in total. The van der Waals surface area contributed by atoms with Crippen LogP contribution in [0.3, 0.4) is 0 Å². The number of nitrogens with zero attached hydrogens (tertiary/aromatic N) is 1. The third-order valence-corrected chi connectivity index (χ3v) is 4.32. The van der Waals surface area contributed by atoms with E-state index < -0.39 is 16.0 Å². The number of carbonyl (C=O) groups is 1. The molecule has 0 saturated heterocycles. The maximum absolute atomic E-state index is 12.1. The Morgan fingerprint density at radius 1 is 1.53 bits per heavy atom. The van der Waals surface area contributed by atoms with E-state index >= 15 is 0 Å². The van der Waals surface area contributed by atoms with E-state index in [1.165, 1.54) is 23.7 Å². The van der Waals surface area contributed by atoms with Crippen molar-refractivity contribution < 1.29 is 17.9 Å². The molecule has 0 aromatic carbocycles. The molecule has 7 heteroatoms. The van der Waals surface area contributed by atoms with E-state index in [-0.39, 0.29) is 17.9 Å². The summed E-state index contributed by atoms with van der Waals surface area (Å²) in [6.45, 7) is 2.16. The minimum absolute atomic E-state index is 0.0496. The van der Waals surface area contributed by atoms with Crippen molar-refractivity contribution in [3.63, 3.8) is 0 Å². The lowest BCUT2D eigenvalue weighted by molar-refractivity contribution is -0.140. The van der Waals surface area contributed by atoms with E-state index in [1.54, 1.807) is 13.1 Å². The lowest BCUT2D eigenvalue weighted by Crippen LogP contribution is -2.32. The van der Waals surface area contributed by atoms with Gasteiger partial charge in [0.2, 0.25) is 10.0 Å². The summed E-state index contributed by atoms with van der Waals surface area (Å²) in [7, 11) is -2.24. The average Bonchev–Trinajstić information content (AvgIpc) is 2.83. The zero-order chi connectivity index (χ0) is 12.9. The molecule has 0 aliphatic heterocycles. The van der Waals surface area contributed by atoms with Crippen LogP contribution in [0.5, 0.6) is 0 Å². The number of aromatic amines is 1. The first kappa shape index (κ1) is 13.7. The fourth-order valence-corrected chi connectivity index (χ4v) is 2.81. The smallest absolute Gasteiger partial charge is 0.306 e. The Hall–Kier alpha value is -1.34. The molecule has 1 heterocycles. The number of methoxy groups -OCH3 is 1. The van der Waals surface area contributed by atoms with Crippen molar-refractivity contribution in [1.29, 1.82) is 0 Å². The average molecular weight is 260 g/mol. The van der Waals surface area contributed by atoms with Gasteiger partial charge in [0.25, 0.3) is 0 Å². The van der Waals surface area contributed by atoms with Crippen LogP contribution in [-0.2, 0) is 19.6 Å². The largest absolute Gasteiger partial charge is 0.469 e. The summed E-state index contributed by atoms with van der Waals surface area (Å²) in [4.78, 5) is 13.9. The molecule has 0 aliphatic rings. The highest BCUT2D eigenvalue weighted by molar-refractivity contribution is 7.89. The van der Waals surface area contributed by atoms with Gasteiger partial charge >= 0.3 is 5.97 Å². The SMILES string of the molecule is CCN(CCC(=O)OC)S(=O)(=O)c1cc[nH]c1. The predicted octanol–water partition coefficient (Wildman–Crippen LogP) is 0.588. The predicted molar refractivity (Wildman–Crippen MR) is 61.9 cm³/mol. The van der Waals surface area contributed by atoms with Crippen LogP contribution in [0.2, 0.25) is 0 Å². The maximum atomic E-state index is 12.1. The normalized spacial score (nSPS) is 11.7. The first-order valence-electron chi connectivity index (χ1n) is 5.22. The van der Waals surface area contributed by atoms with Gasteiger partial charge in [-0.1, -0.05) is 6.92 Å². The highest BCUT2D eigenvalue weighted by atomic mass is 32.2. The van der Waals surface area contributed by atoms with Crippen molar-refractivity contribution in [2.45, 2.75) is 18.2 Å². The van der Waals surface area contributed by atoms with Crippen LogP contribution in [0, 0.1) is 0 Å². The van der Waals surface area contributed by atoms with Gasteiger partial charge in [-0.2, -0.15) is 4.31 Å². The Morgan fingerprint density at radius 3 is 2.71 bits per heavy atom. The zero-order valence-electron chi connectivity index (χ0n) is 9.84. The highest BCUT2D eigenvalue weighted by Gasteiger charge is 2.23. The molecular formula is C10H16N2O4S. The number of ether oxygens (including phenoxy) is 1. The minimum Gasteiger partial charge on any atom is -0.469 e. The van der Waals surface area contributed by atoms with Crippen LogP contribution in [0.15, 0.2) is 23.4 Å². The number of hydrogen-bond acceptors (Lipinski definition) is 4. The molecule has 0 unspecified atom stereocenters. The summed E-state index contributed by atoms with van der Waals surface area (Å²) >= 11 is 0. The van der Waals surface area contributed by atoms with E-state index in [9.17, 15) is 13.2 Å². The molecule has 0 fully saturated rings. The standard InChI is InChI=1S/C10H16N2O4S/c1-3-12(7-5-10(13)16-2)17(14,15)9-4-6-11-8-9/h4,6,8,11H,3,5,7H2,1-2H3. The number of rotatable bonds is 6. The molecular weight excluding hydrogens is 244 g/mol. The topological polar surface area (TPSA) is 79.5 Å². The molecule has 0 saturated carbocycles. The fraction of sp³-hybridized carbons (Fsp3) is 0.500. The number of hydrogen-bond donors (Lipinski definition) is 1. The van der Waals surface area contributed by atoms with Crippen LogP contribution in [0.25, 0.3) is 0 Å². The number of esters is 1. The minimum atomic E-state index is -3.52. The van der Waals surface area contributed by atoms with E-state index in [4.69, 9.17) is 0 Å². The number of sulfonamides is 1. The molecule has 0 atom stereocenters. The summed E-state index contributed by atoms with van der Waals surface area (Å²) in [5.74, 6) is -0.423. The Balaban J connectivity index is 2.77. The van der Waals surface area contributed by atoms with E-state index in [2.05, 4.69) is 9.72 Å². The quantitative estimate of drug-likeness (QED) is 0.759. The van der Waals surface area contributed by atoms with Crippen LogP contribution in [-0.4, -0.2) is 43.9 Å². The van der Waals surface area contributed by atoms with Crippen molar-refractivity contribution >= 4 is 16.0 Å². The van der Waals surface area contributed by atoms with Crippen LogP contribution < -0.4 is 0 Å². The molecule has 17 heavy (non-hydrogen) atoms. The number of H-pyrrole nitrogens is 1. The molecule has 1 aromatic rings. The first-order chi connectivity index (χ1) is 8.02. The lowest BCUT2D eigenvalue weighted by Gasteiger charge is -2.18. The van der Waals surface area contributed by atoms with Gasteiger partial charge in [0.15, 0.2) is 0 Å². The molecule has 1 rings (SSSR count). The molecule has 0 radical (unpaired) electrons. The van der Waals surface area contributed by atoms with Gasteiger partial charge in [0.05, 0.1) is 18.4 Å². The summed E-state index contributed by atoms with van der Waals surface area (Å²) < 4.78 is 29.9. The van der Waals surface area contributed by atoms with Crippen LogP contribution >= 0.6 is 0 Å². The van der Waals surface area contributed by atoms with Crippen molar-refractivity contribution in [2.24, 2.45) is 0 Å². The van der Waals surface area contributed by atoms with Crippen molar-refractivity contribution in [3.8, 4) is 0 Å². The highest BCUT2D eigenvalue weighted by Crippen LogP contribution is 2.14. The molecule has 0 amide bonds. The van der Waals surface area contributed by atoms with Gasteiger partial charge in [0.1, 0.15) is 0 Å². The van der Waals surface area contributed by atoms with Crippen molar-refractivity contribution in [1.82, 2.24) is 9.29 Å². The van der Waals surface area contributed by atoms with Gasteiger partial charge in [-0.3, -0.25) is 4.79 Å². The third-order valence-electron chi connectivity index (χ3n) is 2.35. The summed E-state index contributed by atoms with van der Waals surface area (Å²) in [5, 5.41) is 0. The summed E-state index contributed by atoms with van der Waals surface area (Å²) in [6.07, 6.45) is 3.01. The van der Waals surface area contributed by atoms with Gasteiger partial charge in [-0.15, -0.1) is 0 Å². The second-order valence-corrected chi connectivity index (χ2v) is 5.31. The molecule has 96 valence electrons. The molecule has 0 aliphatic carbocycles. The van der Waals surface area contributed by atoms with Gasteiger partial charge in [-0.05, 0) is 6.07 Å². The Bertz CT molecular complexity index is 453. The fourth-order valence-electron chi connectivity index (χ4n) is 1.38. The summed E-state index contributed by atoms with van der Waals surface area (Å²) in [5.41, 5.74) is 0. The van der Waals surface area contributed by atoms with Crippen LogP contribution in [0.1, 0.15) is 13.3 Å². The van der Waals surface area contributed by atoms with E-state index in [0.717, 1.165) is 0 Å². The van der Waals surface area contributed by atoms with Crippen LogP contribution in [0.4, 0.5) is 0 Å². The Kier molecular flexibility index (Phi) is 4.71. The Labute approximate surface area is 101 Å². The summed E-state index contributed by atoms with van der Waals surface area (Å²) in [6, 6.07) is 1.48. The number of carbonyl (C=O) groups excluding carboxylic acids is 1. The zero-order valence-corrected chi connectivity index (χ0v) is 10.7. The van der Waals surface area contributed by atoms with Gasteiger partial charge in [0, 0.05) is 25.5 Å². The molecule has 0 spiro atoms. The maximum Gasteiger partial charge on any atom is 0.306 e. The molecule has 1 aromatic heterocycles. The monoisotopic (exact) mass is 260 g/mol. The van der Waals surface area contributed by atoms with Gasteiger partial charge < -0.3 is 9.72 Å². The third kappa shape index (κ3) is 3.31. The van der Waals surface area contributed by atoms with Gasteiger partial charge in [-0.25, -0.2) is 8.42 Å².